The molecule has 0 saturated heterocycles. The van der Waals surface area contributed by atoms with E-state index in [9.17, 15) is 18.0 Å². The minimum atomic E-state index is -3.00. The third-order valence-electron chi connectivity index (χ3n) is 7.53. The summed E-state index contributed by atoms with van der Waals surface area (Å²) in [5, 5.41) is 6.16. The molecule has 0 spiro atoms. The molecule has 0 bridgehead atoms. The summed E-state index contributed by atoms with van der Waals surface area (Å²) in [7, 11) is 1.12. The number of hydrogen-bond acceptors (Lipinski definition) is 6. The molecule has 0 aliphatic carbocycles. The van der Waals surface area contributed by atoms with E-state index in [1.807, 2.05) is 58.0 Å². The van der Waals surface area contributed by atoms with Gasteiger partial charge in [0.1, 0.15) is 9.84 Å². The summed E-state index contributed by atoms with van der Waals surface area (Å²) in [6.45, 7) is 19.6. The van der Waals surface area contributed by atoms with Crippen LogP contribution in [0.3, 0.4) is 0 Å². The highest BCUT2D eigenvalue weighted by molar-refractivity contribution is 8.25. The number of nitrogens with zero attached hydrogens (tertiary/aromatic N) is 2. The number of carbonyl (C=O) groups excluding carboxylic acids is 2. The summed E-state index contributed by atoms with van der Waals surface area (Å²) < 4.78 is 23.2. The van der Waals surface area contributed by atoms with Crippen molar-refractivity contribution < 1.29 is 22.5 Å². The monoisotopic (exact) mass is 653 g/mol. The maximum absolute atomic E-state index is 14.0. The molecule has 2 unspecified atom stereocenters. The fraction of sp³-hybridized carbons (Fsp3) is 0.688. The second-order valence-electron chi connectivity index (χ2n) is 13.4. The summed E-state index contributed by atoms with van der Waals surface area (Å²) in [6, 6.07) is 9.54. The average molecular weight is 654 g/mol. The molecule has 8 nitrogen and oxygen atoms in total. The number of unbranched alkanes of at least 4 members (excludes halogenated alkanes) is 1. The number of rotatable bonds is 19. The van der Waals surface area contributed by atoms with E-state index in [2.05, 4.69) is 36.5 Å². The van der Waals surface area contributed by atoms with Gasteiger partial charge in [-0.25, -0.2) is 15.0 Å². The van der Waals surface area contributed by atoms with Crippen LogP contribution in [-0.2, 0) is 19.4 Å². The first-order chi connectivity index (χ1) is 19.8. The van der Waals surface area contributed by atoms with Crippen LogP contribution in [0.1, 0.15) is 78.7 Å². The number of amides is 2. The molecule has 2 atom stereocenters. The molecule has 0 aromatic heterocycles. The van der Waals surface area contributed by atoms with Gasteiger partial charge in [0.2, 0.25) is 17.4 Å². The van der Waals surface area contributed by atoms with Gasteiger partial charge in [-0.1, -0.05) is 74.6 Å². The fourth-order valence-corrected chi connectivity index (χ4v) is 7.88. The largest absolute Gasteiger partial charge is 0.356 e. The lowest BCUT2D eigenvalue weighted by Crippen LogP contribution is -2.52. The van der Waals surface area contributed by atoms with Crippen molar-refractivity contribution in [3.63, 3.8) is 0 Å². The first kappa shape index (κ1) is 39.0. The van der Waals surface area contributed by atoms with Gasteiger partial charge >= 0.3 is 0 Å². The van der Waals surface area contributed by atoms with Crippen LogP contribution >= 0.6 is 24.0 Å². The number of sulfone groups is 1. The third kappa shape index (κ3) is 14.6. The molecule has 1 rings (SSSR count). The lowest BCUT2D eigenvalue weighted by molar-refractivity contribution is -0.890. The van der Waals surface area contributed by atoms with E-state index in [0.29, 0.717) is 41.0 Å². The number of quaternary nitrogens is 1. The summed E-state index contributed by atoms with van der Waals surface area (Å²) in [4.78, 5) is 31.4. The van der Waals surface area contributed by atoms with Crippen LogP contribution in [0.25, 0.3) is 4.85 Å². The Labute approximate surface area is 270 Å². The lowest BCUT2D eigenvalue weighted by atomic mass is 9.72. The van der Waals surface area contributed by atoms with Gasteiger partial charge in [0.15, 0.2) is 0 Å². The maximum Gasteiger partial charge on any atom is 0.236 e. The maximum atomic E-state index is 14.0. The van der Waals surface area contributed by atoms with Gasteiger partial charge in [0.25, 0.3) is 0 Å². The number of hydrogen-bond donors (Lipinski definition) is 2. The van der Waals surface area contributed by atoms with Crippen LogP contribution in [0.15, 0.2) is 30.3 Å². The third-order valence-corrected chi connectivity index (χ3v) is 10.2. The topological polar surface area (TPSA) is 96.7 Å². The molecule has 242 valence electrons. The average Bonchev–Trinajstić information content (AvgIpc) is 2.90. The van der Waals surface area contributed by atoms with Gasteiger partial charge in [-0.2, -0.15) is 0 Å². The molecule has 0 aliphatic rings. The van der Waals surface area contributed by atoms with Gasteiger partial charge in [-0.3, -0.25) is 9.59 Å². The van der Waals surface area contributed by atoms with Crippen molar-refractivity contribution >= 4 is 49.8 Å². The molecule has 2 amide bonds. The van der Waals surface area contributed by atoms with E-state index in [4.69, 9.17) is 18.8 Å². The number of benzene rings is 1. The molecule has 0 heterocycles. The zero-order valence-corrected chi connectivity index (χ0v) is 29.9. The van der Waals surface area contributed by atoms with Crippen LogP contribution in [0.5, 0.6) is 0 Å². The van der Waals surface area contributed by atoms with Crippen molar-refractivity contribution in [2.75, 3.05) is 52.3 Å². The highest BCUT2D eigenvalue weighted by Crippen LogP contribution is 2.44. The second-order valence-corrected chi connectivity index (χ2v) is 17.8. The van der Waals surface area contributed by atoms with E-state index in [-0.39, 0.29) is 24.0 Å². The highest BCUT2D eigenvalue weighted by Gasteiger charge is 2.49. The molecule has 0 saturated carbocycles. The Balaban J connectivity index is 3.20. The van der Waals surface area contributed by atoms with Crippen molar-refractivity contribution in [1.82, 2.24) is 10.6 Å². The van der Waals surface area contributed by atoms with E-state index in [1.54, 1.807) is 0 Å². The van der Waals surface area contributed by atoms with E-state index < -0.39 is 25.5 Å². The smallest absolute Gasteiger partial charge is 0.236 e. The van der Waals surface area contributed by atoms with E-state index in [1.165, 1.54) is 18.0 Å². The number of thiocarbonyl (C=S) groups is 1. The SMILES string of the molecule is [C-]#[N+]C(C)(C)CC(C)(CC(C)(SC(=S)c1ccccc1)C(=O)NCCC[N+](C)(C)CCCS(C)(=O)=O)C(=O)NCCCC. The van der Waals surface area contributed by atoms with Crippen LogP contribution in [-0.4, -0.2) is 91.5 Å². The molecule has 0 aliphatic heterocycles. The Bertz CT molecular complexity index is 1230. The molecule has 11 heteroatoms. The molecule has 2 N–H and O–H groups in total. The van der Waals surface area contributed by atoms with Crippen molar-refractivity contribution in [1.29, 1.82) is 0 Å². The predicted molar refractivity (Wildman–Crippen MR) is 184 cm³/mol. The number of nitrogens with one attached hydrogen (secondary N) is 2. The van der Waals surface area contributed by atoms with Gasteiger partial charge in [0, 0.05) is 52.5 Å². The Hall–Kier alpha value is -2.00. The molecular weight excluding hydrogens is 601 g/mol. The van der Waals surface area contributed by atoms with Crippen molar-refractivity contribution in [2.24, 2.45) is 5.41 Å². The normalized spacial score (nSPS) is 15.0. The molecular formula is C32H53N4O4S3+. The van der Waals surface area contributed by atoms with Crippen molar-refractivity contribution in [3.8, 4) is 0 Å². The van der Waals surface area contributed by atoms with Crippen LogP contribution in [0, 0.1) is 12.0 Å². The molecule has 1 aromatic rings. The van der Waals surface area contributed by atoms with Gasteiger partial charge < -0.3 is 20.0 Å². The van der Waals surface area contributed by atoms with E-state index in [0.717, 1.165) is 31.5 Å². The Morgan fingerprint density at radius 2 is 1.51 bits per heavy atom. The minimum absolute atomic E-state index is 0.156. The van der Waals surface area contributed by atoms with Crippen molar-refractivity contribution in [2.45, 2.75) is 83.4 Å². The molecule has 0 fully saturated rings. The van der Waals surface area contributed by atoms with Crippen LogP contribution < -0.4 is 10.6 Å². The molecule has 0 radical (unpaired) electrons. The number of carbonyl (C=O) groups is 2. The first-order valence-corrected chi connectivity index (χ1v) is 18.3. The molecule has 1 aromatic carbocycles. The Kier molecular flexibility index (Phi) is 15.3. The quantitative estimate of drug-likeness (QED) is 0.0914. The Morgan fingerprint density at radius 3 is 2.07 bits per heavy atom. The zero-order chi connectivity index (χ0) is 33.0. The van der Waals surface area contributed by atoms with Crippen molar-refractivity contribution in [3.05, 3.63) is 47.3 Å². The van der Waals surface area contributed by atoms with Gasteiger partial charge in [0.05, 0.1) is 47.3 Å². The van der Waals surface area contributed by atoms with Crippen LogP contribution in [0.4, 0.5) is 0 Å². The Morgan fingerprint density at radius 1 is 0.953 bits per heavy atom. The minimum Gasteiger partial charge on any atom is -0.356 e. The summed E-state index contributed by atoms with van der Waals surface area (Å²) in [5.74, 6) is -0.195. The fourth-order valence-electron chi connectivity index (χ4n) is 5.32. The summed E-state index contributed by atoms with van der Waals surface area (Å²) in [6.07, 6.45) is 4.84. The second kappa shape index (κ2) is 16.9. The predicted octanol–water partition coefficient (Wildman–Crippen LogP) is 5.27. The van der Waals surface area contributed by atoms with Crippen LogP contribution in [0.2, 0.25) is 0 Å². The van der Waals surface area contributed by atoms with Gasteiger partial charge in [-0.15, -0.1) is 0 Å². The molecule has 43 heavy (non-hydrogen) atoms. The van der Waals surface area contributed by atoms with E-state index >= 15 is 0 Å². The van der Waals surface area contributed by atoms with Gasteiger partial charge in [-0.05, 0) is 25.3 Å². The number of thioether (sulfide) groups is 1. The standard InChI is InChI=1S/C32H52N4O4S3/c1-10-11-19-34-28(37)31(4,24-30(2,3)33-6)25-32(5,42-27(41)26-17-13-12-14-18-26)29(38)35-20-15-21-36(7,8)22-16-23-43(9,39)40/h12-14,17-18H,10-11,15-16,19-25H2,1-5,7-9H3,(H-,34,35,37,38)/p+1. The zero-order valence-electron chi connectivity index (χ0n) is 27.4. The highest BCUT2D eigenvalue weighted by atomic mass is 32.2. The first-order valence-electron chi connectivity index (χ1n) is 15.0. The lowest BCUT2D eigenvalue weighted by Gasteiger charge is -2.38. The summed E-state index contributed by atoms with van der Waals surface area (Å²) >= 11 is 7.09. The summed E-state index contributed by atoms with van der Waals surface area (Å²) in [5.41, 5.74) is -0.948.